The van der Waals surface area contributed by atoms with E-state index in [-0.39, 0.29) is 11.9 Å². The van der Waals surface area contributed by atoms with Crippen molar-refractivity contribution in [1.82, 2.24) is 20.9 Å². The number of carbonyl (C=O) groups is 1. The first-order chi connectivity index (χ1) is 18.0. The van der Waals surface area contributed by atoms with Crippen LogP contribution in [-0.4, -0.2) is 55.8 Å². The number of hydrogen-bond donors (Lipinski definition) is 5. The molecule has 0 spiro atoms. The Labute approximate surface area is 221 Å². The van der Waals surface area contributed by atoms with Crippen molar-refractivity contribution < 1.29 is 4.79 Å². The van der Waals surface area contributed by atoms with Crippen LogP contribution in [0.25, 0.3) is 0 Å². The second-order valence-electron chi connectivity index (χ2n) is 9.70. The van der Waals surface area contributed by atoms with Crippen LogP contribution in [0, 0.1) is 11.3 Å². The van der Waals surface area contributed by atoms with Gasteiger partial charge in [0.2, 0.25) is 11.9 Å². The van der Waals surface area contributed by atoms with Crippen molar-refractivity contribution in [2.75, 3.05) is 38.5 Å². The Morgan fingerprint density at radius 1 is 1.19 bits per heavy atom. The number of piperidine rings is 1. The molecular formula is C29H43N7O. The van der Waals surface area contributed by atoms with Gasteiger partial charge in [-0.2, -0.15) is 4.99 Å². The largest absolute Gasteiger partial charge is 0.375 e. The van der Waals surface area contributed by atoms with Crippen LogP contribution in [0.2, 0.25) is 0 Å². The molecule has 1 saturated carbocycles. The number of amides is 1. The molecule has 0 radical (unpaired) electrons. The summed E-state index contributed by atoms with van der Waals surface area (Å²) in [7, 11) is 1.84. The van der Waals surface area contributed by atoms with Crippen molar-refractivity contribution in [1.29, 1.82) is 5.41 Å². The Balaban J connectivity index is 1.43. The molecule has 200 valence electrons. The summed E-state index contributed by atoms with van der Waals surface area (Å²) < 4.78 is 0. The zero-order valence-corrected chi connectivity index (χ0v) is 22.4. The lowest BCUT2D eigenvalue weighted by Crippen LogP contribution is -2.37. The predicted octanol–water partition coefficient (Wildman–Crippen LogP) is 4.16. The molecule has 8 heteroatoms. The number of allylic oxidation sites excluding steroid dienone is 3. The number of carbonyl (C=O) groups excluding carboxylic acids is 1. The molecule has 0 unspecified atom stereocenters. The first kappa shape index (κ1) is 28.2. The highest BCUT2D eigenvalue weighted by atomic mass is 16.1. The normalized spacial score (nSPS) is 16.9. The van der Waals surface area contributed by atoms with Gasteiger partial charge in [-0.15, -0.1) is 0 Å². The summed E-state index contributed by atoms with van der Waals surface area (Å²) in [5.41, 5.74) is 2.96. The predicted molar refractivity (Wildman–Crippen MR) is 154 cm³/mol. The number of hydrogen-bond acceptors (Lipinski definition) is 4. The molecule has 1 heterocycles. The van der Waals surface area contributed by atoms with Crippen molar-refractivity contribution in [3.05, 3.63) is 66.0 Å². The number of aryl methyl sites for hydroxylation is 1. The molecule has 2 aliphatic rings. The van der Waals surface area contributed by atoms with Crippen molar-refractivity contribution in [2.45, 2.75) is 51.9 Å². The first-order valence-electron chi connectivity index (χ1n) is 13.5. The van der Waals surface area contributed by atoms with Gasteiger partial charge in [0.05, 0.1) is 0 Å². The van der Waals surface area contributed by atoms with Crippen LogP contribution in [0.5, 0.6) is 0 Å². The third-order valence-electron chi connectivity index (χ3n) is 6.58. The molecule has 0 bridgehead atoms. The number of likely N-dealkylation sites (tertiary alicyclic amines) is 1. The highest BCUT2D eigenvalue weighted by Gasteiger charge is 2.23. The van der Waals surface area contributed by atoms with E-state index < -0.39 is 0 Å². The summed E-state index contributed by atoms with van der Waals surface area (Å²) in [5.74, 6) is 2.04. The van der Waals surface area contributed by atoms with Gasteiger partial charge in [0.15, 0.2) is 0 Å². The number of nitrogens with zero attached hydrogens (tertiary/aromatic N) is 2. The molecule has 37 heavy (non-hydrogen) atoms. The Bertz CT molecular complexity index is 1000. The minimum atomic E-state index is 0.0258. The van der Waals surface area contributed by atoms with E-state index in [0.29, 0.717) is 24.6 Å². The lowest BCUT2D eigenvalue weighted by Gasteiger charge is -2.26. The van der Waals surface area contributed by atoms with E-state index in [1.54, 1.807) is 0 Å². The van der Waals surface area contributed by atoms with E-state index in [1.807, 2.05) is 56.5 Å². The number of benzene rings is 1. The third-order valence-corrected chi connectivity index (χ3v) is 6.58. The summed E-state index contributed by atoms with van der Waals surface area (Å²) >= 11 is 0. The van der Waals surface area contributed by atoms with Crippen LogP contribution >= 0.6 is 0 Å². The van der Waals surface area contributed by atoms with Crippen LogP contribution in [0.15, 0.2) is 65.5 Å². The smallest absolute Gasteiger partial charge is 0.221 e. The topological polar surface area (TPSA) is 105 Å². The second-order valence-corrected chi connectivity index (χ2v) is 9.70. The maximum atomic E-state index is 12.2. The first-order valence-corrected chi connectivity index (χ1v) is 13.5. The standard InChI is InChI=1S/C29H43N7O/c1-4-8-26(34-27(31-3)21-22(2)24-12-13-24)35-29(30)33-25-14-9-23(10-15-25)11-16-28(37)32-17-20-36-18-6-5-7-19-36/h4,8-10,14-15,21,24,31H,2,5-7,11-13,16-20H2,1,3H3,(H,32,37)(H3,30,33,34,35)/b8-4+,27-21+. The van der Waals surface area contributed by atoms with Crippen LogP contribution < -0.4 is 21.3 Å². The molecule has 1 aromatic rings. The molecule has 1 amide bonds. The number of guanidine groups is 1. The monoisotopic (exact) mass is 505 g/mol. The van der Waals surface area contributed by atoms with E-state index in [4.69, 9.17) is 5.41 Å². The van der Waals surface area contributed by atoms with E-state index in [1.165, 1.54) is 32.1 Å². The number of anilines is 1. The van der Waals surface area contributed by atoms with Crippen LogP contribution in [0.3, 0.4) is 0 Å². The fraction of sp³-hybridized carbons (Fsp3) is 0.483. The highest BCUT2D eigenvalue weighted by molar-refractivity contribution is 6.05. The Hall–Kier alpha value is -3.39. The Morgan fingerprint density at radius 2 is 1.92 bits per heavy atom. The maximum Gasteiger partial charge on any atom is 0.221 e. The summed E-state index contributed by atoms with van der Waals surface area (Å²) in [6.45, 7) is 10.0. The molecule has 1 saturated heterocycles. The van der Waals surface area contributed by atoms with Gasteiger partial charge >= 0.3 is 0 Å². The van der Waals surface area contributed by atoms with Gasteiger partial charge in [-0.1, -0.05) is 31.2 Å². The summed E-state index contributed by atoms with van der Waals surface area (Å²) in [6, 6.07) is 7.79. The maximum absolute atomic E-state index is 12.2. The lowest BCUT2D eigenvalue weighted by molar-refractivity contribution is -0.121. The van der Waals surface area contributed by atoms with Crippen molar-refractivity contribution in [2.24, 2.45) is 10.9 Å². The van der Waals surface area contributed by atoms with Gasteiger partial charge in [-0.05, 0) is 93.5 Å². The Morgan fingerprint density at radius 3 is 2.57 bits per heavy atom. The van der Waals surface area contributed by atoms with Gasteiger partial charge in [-0.25, -0.2) is 0 Å². The summed E-state index contributed by atoms with van der Waals surface area (Å²) in [5, 5.41) is 20.7. The lowest BCUT2D eigenvalue weighted by atomic mass is 10.1. The van der Waals surface area contributed by atoms with Gasteiger partial charge in [0.25, 0.3) is 0 Å². The van der Waals surface area contributed by atoms with E-state index in [0.717, 1.165) is 48.8 Å². The average Bonchev–Trinajstić information content (AvgIpc) is 3.74. The van der Waals surface area contributed by atoms with Gasteiger partial charge in [0.1, 0.15) is 11.7 Å². The van der Waals surface area contributed by atoms with Crippen LogP contribution in [-0.2, 0) is 11.2 Å². The highest BCUT2D eigenvalue weighted by Crippen LogP contribution is 2.36. The van der Waals surface area contributed by atoms with Crippen LogP contribution in [0.4, 0.5) is 5.69 Å². The van der Waals surface area contributed by atoms with E-state index in [9.17, 15) is 4.79 Å². The number of amidine groups is 1. The zero-order chi connectivity index (χ0) is 26.5. The molecule has 3 rings (SSSR count). The molecule has 1 aliphatic heterocycles. The minimum absolute atomic E-state index is 0.0258. The number of rotatable bonds is 12. The van der Waals surface area contributed by atoms with Gasteiger partial charge in [0, 0.05) is 32.2 Å². The third kappa shape index (κ3) is 10.6. The van der Waals surface area contributed by atoms with Crippen LogP contribution in [0.1, 0.15) is 51.0 Å². The molecule has 1 aromatic carbocycles. The fourth-order valence-corrected chi connectivity index (χ4v) is 4.25. The summed E-state index contributed by atoms with van der Waals surface area (Å²) in [6.07, 6.45) is 13.1. The molecule has 1 aliphatic carbocycles. The molecule has 5 N–H and O–H groups in total. The molecule has 0 atom stereocenters. The number of nitrogens with one attached hydrogen (secondary N) is 5. The SMILES string of the molecule is C=C(/C=C(\NC)NC(/C=C/C)=N/C(=N)Nc1ccc(CCC(=O)NCCN2CCCCC2)cc1)C1CC1. The minimum Gasteiger partial charge on any atom is -0.375 e. The quantitative estimate of drug-likeness (QED) is 0.167. The second kappa shape index (κ2) is 15.0. The zero-order valence-electron chi connectivity index (χ0n) is 22.4. The number of aliphatic imine (C=N–C) groups is 1. The molecule has 8 nitrogen and oxygen atoms in total. The molecule has 2 fully saturated rings. The van der Waals surface area contributed by atoms with E-state index in [2.05, 4.69) is 37.7 Å². The van der Waals surface area contributed by atoms with Crippen molar-refractivity contribution >= 4 is 23.4 Å². The van der Waals surface area contributed by atoms with Crippen molar-refractivity contribution in [3.8, 4) is 0 Å². The van der Waals surface area contributed by atoms with Crippen molar-refractivity contribution in [3.63, 3.8) is 0 Å². The molecular weight excluding hydrogens is 462 g/mol. The van der Waals surface area contributed by atoms with Gasteiger partial charge < -0.3 is 26.2 Å². The average molecular weight is 506 g/mol. The Kier molecular flexibility index (Phi) is 11.4. The summed E-state index contributed by atoms with van der Waals surface area (Å²) in [4.78, 5) is 19.0. The fourth-order valence-electron chi connectivity index (χ4n) is 4.25. The van der Waals surface area contributed by atoms with Gasteiger partial charge in [-0.3, -0.25) is 10.2 Å². The molecule has 0 aromatic heterocycles. The van der Waals surface area contributed by atoms with E-state index >= 15 is 0 Å².